The molecule has 14 atom stereocenters. The lowest BCUT2D eigenvalue weighted by Crippen LogP contribution is -2.80. The lowest BCUT2D eigenvalue weighted by Gasteiger charge is -2.68. The summed E-state index contributed by atoms with van der Waals surface area (Å²) in [5.74, 6) is -2.03. The van der Waals surface area contributed by atoms with Gasteiger partial charge in [0.25, 0.3) is 5.91 Å². The van der Waals surface area contributed by atoms with Gasteiger partial charge in [-0.25, -0.2) is 9.59 Å². The van der Waals surface area contributed by atoms with E-state index in [0.29, 0.717) is 29.9 Å². The molecule has 5 aliphatic carbocycles. The Morgan fingerprint density at radius 2 is 1.36 bits per heavy atom. The lowest BCUT2D eigenvalue weighted by atomic mass is 9.41. The van der Waals surface area contributed by atoms with Gasteiger partial charge in [-0.05, 0) is 79.7 Å². The number of hydrogen-bond donors (Lipinski definition) is 5. The third kappa shape index (κ3) is 14.6. The SMILES string of the molecule is CC(=O)O[C@H]1C(=O)[C@@]2(C)C([C@H](C(=O)c3ccccc3)[C@]3(O)C[C@H](OC(=O)[C@H](OC(=O)CCCC(=O)NCCOCCOCCNC(=O)OCC4[C@H]5CCC#CCC[C@@H]45)[C@@H](NC(=O)c4ccccc4)c4ccccc4)C(C)=C1C3(C)C)[C@]1(OC(C)=O)CO[C@@H]1C[C@@H]2O. The predicted octanol–water partition coefficient (Wildman–Crippen LogP) is 6.05. The maximum absolute atomic E-state index is 15.9. The highest BCUT2D eigenvalue weighted by Crippen LogP contribution is 2.66. The fourth-order valence-corrected chi connectivity index (χ4v) is 14.6. The number of fused-ring (bicyclic) bond motifs is 6. The Morgan fingerprint density at radius 1 is 0.758 bits per heavy atom. The van der Waals surface area contributed by atoms with Crippen molar-refractivity contribution in [3.63, 3.8) is 0 Å². The standard InChI is InChI=1S/C69H83N3O19/c1-41-50(38-69(83)56(58(78)45-23-14-10-15-24-45)61-67(6,51(75)37-52-68(61,40-87-52)91-43(3)74)62(79)59(88-42(2)73)55(41)66(69,4)5)89-64(81)60(57(44-21-12-9-13-22-44)72-63(80)46-25-16-11-17-26-46)90-54(77)30-20-29-53(76)70-31-33-84-35-36-85-34-32-71-65(82)86-39-49-47-27-18-7-8-19-28-48(47)49/h9-17,21-26,47-52,56-57,59-61,75,83H,18-20,27-40H2,1-6H3,(H,70,76)(H,71,82)(H,72,80)/t47-,48+,49?,50-,51-,52+,56-,57-,59+,60+,61?,67+,68-,69+/m0/s1. The van der Waals surface area contributed by atoms with Crippen molar-refractivity contribution in [2.45, 2.75) is 147 Å². The first-order chi connectivity index (χ1) is 43.5. The summed E-state index contributed by atoms with van der Waals surface area (Å²) in [5, 5.41) is 34.8. The molecule has 3 saturated carbocycles. The molecule has 9 rings (SSSR count). The first-order valence-corrected chi connectivity index (χ1v) is 31.4. The van der Waals surface area contributed by atoms with E-state index in [1.807, 2.05) is 0 Å². The second-order valence-corrected chi connectivity index (χ2v) is 25.2. The first kappa shape index (κ1) is 67.6. The van der Waals surface area contributed by atoms with Crippen molar-refractivity contribution in [1.29, 1.82) is 0 Å². The highest BCUT2D eigenvalue weighted by Gasteiger charge is 2.78. The van der Waals surface area contributed by atoms with Crippen molar-refractivity contribution < 1.29 is 91.3 Å². The number of Topliss-reactive ketones (excluding diaryl/α,β-unsaturated/α-hetero) is 2. The van der Waals surface area contributed by atoms with E-state index in [2.05, 4.69) is 27.8 Å². The van der Waals surface area contributed by atoms with Crippen LogP contribution in [0.2, 0.25) is 0 Å². The first-order valence-electron chi connectivity index (χ1n) is 31.4. The van der Waals surface area contributed by atoms with Crippen LogP contribution in [0.1, 0.15) is 132 Å². The van der Waals surface area contributed by atoms with Crippen LogP contribution in [0.4, 0.5) is 4.79 Å². The van der Waals surface area contributed by atoms with Gasteiger partial charge in [0.1, 0.15) is 18.2 Å². The van der Waals surface area contributed by atoms with E-state index >= 15 is 14.4 Å². The Balaban J connectivity index is 0.909. The van der Waals surface area contributed by atoms with Crippen LogP contribution >= 0.6 is 0 Å². The Labute approximate surface area is 529 Å². The summed E-state index contributed by atoms with van der Waals surface area (Å²) in [5.41, 5.74) is -7.46. The van der Waals surface area contributed by atoms with Crippen molar-refractivity contribution >= 4 is 53.4 Å². The molecule has 22 heteroatoms. The van der Waals surface area contributed by atoms with Gasteiger partial charge in [0.2, 0.25) is 12.0 Å². The Hall–Kier alpha value is -7.81. The molecule has 1 heterocycles. The molecule has 0 aromatic heterocycles. The summed E-state index contributed by atoms with van der Waals surface area (Å²) in [6.07, 6.45) is -6.18. The average Bonchev–Trinajstić information content (AvgIpc) is 1.09. The molecule has 0 radical (unpaired) electrons. The molecular formula is C69H83N3O19. The van der Waals surface area contributed by atoms with Crippen LogP contribution in [-0.2, 0) is 66.7 Å². The zero-order valence-corrected chi connectivity index (χ0v) is 52.4. The molecule has 1 saturated heterocycles. The summed E-state index contributed by atoms with van der Waals surface area (Å²) in [4.78, 5) is 127. The number of carbonyl (C=O) groups is 9. The summed E-state index contributed by atoms with van der Waals surface area (Å²) < 4.78 is 47.3. The third-order valence-electron chi connectivity index (χ3n) is 19.4. The molecule has 91 heavy (non-hydrogen) atoms. The van der Waals surface area contributed by atoms with Crippen LogP contribution in [0, 0.1) is 52.3 Å². The van der Waals surface area contributed by atoms with Crippen molar-refractivity contribution in [3.05, 3.63) is 119 Å². The number of nitrogens with one attached hydrogen (secondary N) is 3. The van der Waals surface area contributed by atoms with Crippen molar-refractivity contribution in [1.82, 2.24) is 16.0 Å². The highest BCUT2D eigenvalue weighted by atomic mass is 16.6. The summed E-state index contributed by atoms with van der Waals surface area (Å²) in [6, 6.07) is 22.7. The zero-order chi connectivity index (χ0) is 65.3. The molecule has 488 valence electrons. The van der Waals surface area contributed by atoms with Crippen LogP contribution < -0.4 is 16.0 Å². The van der Waals surface area contributed by atoms with Crippen LogP contribution in [0.5, 0.6) is 0 Å². The van der Waals surface area contributed by atoms with Gasteiger partial charge in [0.15, 0.2) is 23.3 Å². The molecule has 1 aliphatic heterocycles. The number of benzene rings is 3. The van der Waals surface area contributed by atoms with Gasteiger partial charge in [-0.2, -0.15) is 0 Å². The van der Waals surface area contributed by atoms with Crippen LogP contribution in [0.15, 0.2) is 102 Å². The van der Waals surface area contributed by atoms with E-state index < -0.39 is 130 Å². The van der Waals surface area contributed by atoms with Crippen LogP contribution in [-0.4, -0.2) is 158 Å². The van der Waals surface area contributed by atoms with Crippen LogP contribution in [0.25, 0.3) is 0 Å². The number of aliphatic hydroxyl groups excluding tert-OH is 1. The average molecular weight is 1260 g/mol. The fraction of sp³-hybridized carbons (Fsp3) is 0.551. The van der Waals surface area contributed by atoms with E-state index in [4.69, 9.17) is 37.9 Å². The topological polar surface area (TPSA) is 304 Å². The number of rotatable bonds is 26. The normalized spacial score (nSPS) is 29.0. The molecule has 2 bridgehead atoms. The quantitative estimate of drug-likeness (QED) is 0.0153. The van der Waals surface area contributed by atoms with E-state index in [9.17, 15) is 39.0 Å². The number of carbonyl (C=O) groups excluding carboxylic acids is 9. The number of amides is 3. The van der Waals surface area contributed by atoms with Gasteiger partial charge in [0.05, 0.1) is 62.7 Å². The summed E-state index contributed by atoms with van der Waals surface area (Å²) in [7, 11) is 0. The molecular weight excluding hydrogens is 1170 g/mol. The number of hydrogen-bond acceptors (Lipinski definition) is 19. The molecule has 5 N–H and O–H groups in total. The molecule has 6 aliphatic rings. The van der Waals surface area contributed by atoms with Crippen molar-refractivity contribution in [3.8, 4) is 11.8 Å². The molecule has 3 aromatic rings. The van der Waals surface area contributed by atoms with Crippen molar-refractivity contribution in [2.24, 2.45) is 40.4 Å². The van der Waals surface area contributed by atoms with Gasteiger partial charge in [-0.1, -0.05) is 92.7 Å². The predicted molar refractivity (Wildman–Crippen MR) is 325 cm³/mol. The molecule has 0 spiro atoms. The Kier molecular flexibility index (Phi) is 21.7. The second-order valence-electron chi connectivity index (χ2n) is 25.2. The minimum Gasteiger partial charge on any atom is -0.455 e. The van der Waals surface area contributed by atoms with Gasteiger partial charge in [-0.3, -0.25) is 33.6 Å². The third-order valence-corrected chi connectivity index (χ3v) is 19.4. The number of ketones is 2. The van der Waals surface area contributed by atoms with Gasteiger partial charge in [0, 0.05) is 87.9 Å². The maximum Gasteiger partial charge on any atom is 0.407 e. The zero-order valence-electron chi connectivity index (χ0n) is 52.4. The second kappa shape index (κ2) is 29.2. The Morgan fingerprint density at radius 3 is 1.96 bits per heavy atom. The molecule has 4 fully saturated rings. The van der Waals surface area contributed by atoms with E-state index in [-0.39, 0.29) is 94.1 Å². The summed E-state index contributed by atoms with van der Waals surface area (Å²) in [6.45, 7) is 9.60. The highest BCUT2D eigenvalue weighted by molar-refractivity contribution is 6.02. The molecule has 3 aromatic carbocycles. The number of aliphatic hydroxyl groups is 2. The molecule has 3 amide bonds. The largest absolute Gasteiger partial charge is 0.455 e. The number of ether oxygens (including phenoxy) is 8. The minimum absolute atomic E-state index is 0.0417. The van der Waals surface area contributed by atoms with Crippen molar-refractivity contribution in [2.75, 3.05) is 52.7 Å². The lowest BCUT2D eigenvalue weighted by molar-refractivity contribution is -0.335. The minimum atomic E-state index is -2.45. The monoisotopic (exact) mass is 1260 g/mol. The van der Waals surface area contributed by atoms with E-state index in [0.717, 1.165) is 39.5 Å². The van der Waals surface area contributed by atoms with Gasteiger partial charge in [-0.15, -0.1) is 11.8 Å². The number of esters is 4. The van der Waals surface area contributed by atoms with Gasteiger partial charge < -0.3 is 64.1 Å². The molecule has 2 unspecified atom stereocenters. The fourth-order valence-electron chi connectivity index (χ4n) is 14.6. The molecule has 22 nitrogen and oxygen atoms in total. The van der Waals surface area contributed by atoms with Crippen LogP contribution in [0.3, 0.4) is 0 Å². The van der Waals surface area contributed by atoms with E-state index in [1.54, 1.807) is 92.7 Å². The smallest absolute Gasteiger partial charge is 0.407 e. The maximum atomic E-state index is 15.9. The Bertz CT molecular complexity index is 3260. The summed E-state index contributed by atoms with van der Waals surface area (Å²) >= 11 is 0. The number of alkyl carbamates (subject to hydrolysis) is 1. The van der Waals surface area contributed by atoms with Gasteiger partial charge >= 0.3 is 30.0 Å². The van der Waals surface area contributed by atoms with E-state index in [1.165, 1.54) is 26.0 Å².